The van der Waals surface area contributed by atoms with Crippen LogP contribution in [0, 0.1) is 10.1 Å². The molecule has 1 aromatic carbocycles. The molecule has 8 heteroatoms. The van der Waals surface area contributed by atoms with Crippen LogP contribution in [0.5, 0.6) is 0 Å². The predicted octanol–water partition coefficient (Wildman–Crippen LogP) is 2.02. The van der Waals surface area contributed by atoms with Crippen molar-refractivity contribution in [2.24, 2.45) is 0 Å². The number of nitro benzene ring substituents is 1. The molecule has 1 unspecified atom stereocenters. The van der Waals surface area contributed by atoms with Crippen molar-refractivity contribution in [3.63, 3.8) is 0 Å². The van der Waals surface area contributed by atoms with Gasteiger partial charge in [-0.15, -0.1) is 0 Å². The lowest BCUT2D eigenvalue weighted by Crippen LogP contribution is -2.30. The van der Waals surface area contributed by atoms with Gasteiger partial charge in [-0.1, -0.05) is 17.3 Å². The fourth-order valence-corrected chi connectivity index (χ4v) is 2.96. The Morgan fingerprint density at radius 3 is 3.05 bits per heavy atom. The summed E-state index contributed by atoms with van der Waals surface area (Å²) >= 11 is 1.81. The molecule has 0 spiro atoms. The second-order valence-electron chi connectivity index (χ2n) is 4.31. The monoisotopic (exact) mass is 292 g/mol. The molecule has 1 aromatic heterocycles. The van der Waals surface area contributed by atoms with Crippen LogP contribution in [-0.4, -0.2) is 33.1 Å². The molecule has 1 fully saturated rings. The molecule has 1 N–H and O–H groups in total. The van der Waals surface area contributed by atoms with Crippen LogP contribution in [0.1, 0.15) is 11.9 Å². The zero-order valence-corrected chi connectivity index (χ0v) is 11.3. The Morgan fingerprint density at radius 1 is 1.45 bits per heavy atom. The van der Waals surface area contributed by atoms with Gasteiger partial charge in [-0.3, -0.25) is 10.1 Å². The molecule has 2 aromatic rings. The van der Waals surface area contributed by atoms with E-state index in [2.05, 4.69) is 15.5 Å². The third-order valence-corrected chi connectivity index (χ3v) is 4.06. The van der Waals surface area contributed by atoms with Gasteiger partial charge in [0, 0.05) is 24.1 Å². The third kappa shape index (κ3) is 2.52. The molecule has 0 bridgehead atoms. The minimum atomic E-state index is -0.444. The first-order chi connectivity index (χ1) is 9.75. The summed E-state index contributed by atoms with van der Waals surface area (Å²) in [4.78, 5) is 14.9. The summed E-state index contributed by atoms with van der Waals surface area (Å²) in [5, 5.41) is 18.2. The topological polar surface area (TPSA) is 94.1 Å². The molecule has 1 atom stereocenters. The summed E-state index contributed by atoms with van der Waals surface area (Å²) in [5.41, 5.74) is 0.349. The van der Waals surface area contributed by atoms with Gasteiger partial charge in [-0.2, -0.15) is 16.7 Å². The largest absolute Gasteiger partial charge is 0.337 e. The lowest BCUT2D eigenvalue weighted by molar-refractivity contribution is -0.384. The zero-order valence-electron chi connectivity index (χ0n) is 10.5. The normalized spacial score (nSPS) is 18.9. The van der Waals surface area contributed by atoms with Crippen LogP contribution in [-0.2, 0) is 0 Å². The fraction of sp³-hybridized carbons (Fsp3) is 0.333. The van der Waals surface area contributed by atoms with Crippen LogP contribution < -0.4 is 5.32 Å². The van der Waals surface area contributed by atoms with Gasteiger partial charge in [0.1, 0.15) is 5.56 Å². The first-order valence-corrected chi connectivity index (χ1v) is 7.29. The molecule has 1 saturated heterocycles. The molecule has 0 amide bonds. The second kappa shape index (κ2) is 5.59. The van der Waals surface area contributed by atoms with Crippen LogP contribution >= 0.6 is 11.8 Å². The van der Waals surface area contributed by atoms with Crippen LogP contribution in [0.3, 0.4) is 0 Å². The predicted molar refractivity (Wildman–Crippen MR) is 74.5 cm³/mol. The lowest BCUT2D eigenvalue weighted by Gasteiger charge is -2.19. The van der Waals surface area contributed by atoms with E-state index >= 15 is 0 Å². The van der Waals surface area contributed by atoms with Crippen LogP contribution in [0.4, 0.5) is 5.69 Å². The number of rotatable bonds is 3. The van der Waals surface area contributed by atoms with Crippen molar-refractivity contribution in [2.45, 2.75) is 6.04 Å². The Kier molecular flexibility index (Phi) is 3.66. The van der Waals surface area contributed by atoms with E-state index in [1.54, 1.807) is 18.2 Å². The minimum Gasteiger partial charge on any atom is -0.337 e. The van der Waals surface area contributed by atoms with Crippen molar-refractivity contribution in [3.05, 3.63) is 40.3 Å². The fourth-order valence-electron chi connectivity index (χ4n) is 2.03. The Labute approximate surface area is 118 Å². The van der Waals surface area contributed by atoms with Crippen LogP contribution in [0.25, 0.3) is 11.4 Å². The number of benzene rings is 1. The van der Waals surface area contributed by atoms with E-state index < -0.39 is 4.92 Å². The van der Waals surface area contributed by atoms with Gasteiger partial charge < -0.3 is 9.84 Å². The van der Waals surface area contributed by atoms with Crippen LogP contribution in [0.15, 0.2) is 28.8 Å². The zero-order chi connectivity index (χ0) is 13.9. The molecule has 3 rings (SSSR count). The Morgan fingerprint density at radius 2 is 2.30 bits per heavy atom. The maximum absolute atomic E-state index is 11.0. The minimum absolute atomic E-state index is 0.0118. The average molecular weight is 292 g/mol. The highest BCUT2D eigenvalue weighted by Crippen LogP contribution is 2.29. The van der Waals surface area contributed by atoms with Gasteiger partial charge in [-0.05, 0) is 6.07 Å². The van der Waals surface area contributed by atoms with E-state index in [9.17, 15) is 10.1 Å². The second-order valence-corrected chi connectivity index (χ2v) is 5.46. The first kappa shape index (κ1) is 13.1. The Balaban J connectivity index is 1.92. The Bertz CT molecular complexity index is 625. The quantitative estimate of drug-likeness (QED) is 0.683. The molecule has 1 aliphatic rings. The van der Waals surface area contributed by atoms with Gasteiger partial charge in [0.2, 0.25) is 11.7 Å². The standard InChI is InChI=1S/C12H12N4O3S/c17-16(18)10-4-2-1-3-8(10)11-14-12(19-15-11)9-7-20-6-5-13-9/h1-4,9,13H,5-7H2. The summed E-state index contributed by atoms with van der Waals surface area (Å²) in [6.45, 7) is 0.887. The van der Waals surface area contributed by atoms with Crippen molar-refractivity contribution in [2.75, 3.05) is 18.1 Å². The third-order valence-electron chi connectivity index (χ3n) is 3.00. The summed E-state index contributed by atoms with van der Waals surface area (Å²) in [7, 11) is 0. The molecule has 7 nitrogen and oxygen atoms in total. The first-order valence-electron chi connectivity index (χ1n) is 6.14. The van der Waals surface area contributed by atoms with Crippen molar-refractivity contribution < 1.29 is 9.45 Å². The number of aromatic nitrogens is 2. The molecule has 0 aliphatic carbocycles. The van der Waals surface area contributed by atoms with E-state index in [0.717, 1.165) is 18.1 Å². The van der Waals surface area contributed by atoms with Gasteiger partial charge in [-0.25, -0.2) is 0 Å². The number of thioether (sulfide) groups is 1. The van der Waals surface area contributed by atoms with Gasteiger partial charge in [0.25, 0.3) is 5.69 Å². The molecule has 0 saturated carbocycles. The van der Waals surface area contributed by atoms with E-state index in [1.807, 2.05) is 11.8 Å². The van der Waals surface area contributed by atoms with Gasteiger partial charge >= 0.3 is 0 Å². The van der Waals surface area contributed by atoms with Gasteiger partial charge in [0.05, 0.1) is 11.0 Å². The molecule has 0 radical (unpaired) electrons. The summed E-state index contributed by atoms with van der Waals surface area (Å²) in [6, 6.07) is 6.39. The molecule has 104 valence electrons. The van der Waals surface area contributed by atoms with E-state index in [4.69, 9.17) is 4.52 Å². The molecule has 1 aliphatic heterocycles. The number of nitro groups is 1. The number of hydrogen-bond donors (Lipinski definition) is 1. The van der Waals surface area contributed by atoms with E-state index in [0.29, 0.717) is 11.5 Å². The van der Waals surface area contributed by atoms with Crippen LogP contribution in [0.2, 0.25) is 0 Å². The number of nitrogens with zero attached hydrogens (tertiary/aromatic N) is 3. The smallest absolute Gasteiger partial charge is 0.280 e. The maximum Gasteiger partial charge on any atom is 0.280 e. The highest BCUT2D eigenvalue weighted by molar-refractivity contribution is 7.99. The lowest BCUT2D eigenvalue weighted by atomic mass is 10.2. The molecule has 20 heavy (non-hydrogen) atoms. The Hall–Kier alpha value is -1.93. The highest BCUT2D eigenvalue weighted by atomic mass is 32.2. The number of hydrogen-bond acceptors (Lipinski definition) is 7. The number of nitrogens with one attached hydrogen (secondary N) is 1. The van der Waals surface area contributed by atoms with Crippen molar-refractivity contribution in [1.29, 1.82) is 0 Å². The summed E-state index contributed by atoms with van der Waals surface area (Å²) < 4.78 is 5.23. The summed E-state index contributed by atoms with van der Waals surface area (Å²) in [6.07, 6.45) is 0. The summed E-state index contributed by atoms with van der Waals surface area (Å²) in [5.74, 6) is 2.65. The van der Waals surface area contributed by atoms with Gasteiger partial charge in [0.15, 0.2) is 0 Å². The average Bonchev–Trinajstić information content (AvgIpc) is 2.98. The molecule has 2 heterocycles. The molecular formula is C12H12N4O3S. The SMILES string of the molecule is O=[N+]([O-])c1ccccc1-c1noc(C2CSCCN2)n1. The molecular weight excluding hydrogens is 280 g/mol. The van der Waals surface area contributed by atoms with Crippen molar-refractivity contribution >= 4 is 17.4 Å². The van der Waals surface area contributed by atoms with E-state index in [-0.39, 0.29) is 17.6 Å². The van der Waals surface area contributed by atoms with Crippen molar-refractivity contribution in [3.8, 4) is 11.4 Å². The maximum atomic E-state index is 11.0. The highest BCUT2D eigenvalue weighted by Gasteiger charge is 2.24. The van der Waals surface area contributed by atoms with Crippen molar-refractivity contribution in [1.82, 2.24) is 15.5 Å². The van der Waals surface area contributed by atoms with E-state index in [1.165, 1.54) is 6.07 Å². The number of para-hydroxylation sites is 1.